The summed E-state index contributed by atoms with van der Waals surface area (Å²) in [5, 5.41) is 0.684. The van der Waals surface area contributed by atoms with Gasteiger partial charge < -0.3 is 4.74 Å². The van der Waals surface area contributed by atoms with Crippen LogP contribution in [0, 0.1) is 0 Å². The lowest BCUT2D eigenvalue weighted by atomic mass is 10.5. The Hall–Kier alpha value is 0.310. The molecule has 0 amide bonds. The van der Waals surface area contributed by atoms with Crippen LogP contribution < -0.4 is 0 Å². The van der Waals surface area contributed by atoms with E-state index in [9.17, 15) is 0 Å². The van der Waals surface area contributed by atoms with Crippen molar-refractivity contribution in [2.45, 2.75) is 39.0 Å². The molecule has 0 radical (unpaired) electrons. The lowest BCUT2D eigenvalue weighted by Gasteiger charge is -2.08. The monoisotopic (exact) mass is 148 g/mol. The van der Waals surface area contributed by atoms with Crippen molar-refractivity contribution in [1.82, 2.24) is 0 Å². The molecule has 0 aromatic rings. The first-order valence-electron chi connectivity index (χ1n) is 3.36. The number of thioether (sulfide) groups is 1. The molecular weight excluding hydrogens is 132 g/mol. The molecule has 0 saturated heterocycles. The zero-order chi connectivity index (χ0) is 7.28. The summed E-state index contributed by atoms with van der Waals surface area (Å²) < 4.78 is 5.32. The summed E-state index contributed by atoms with van der Waals surface area (Å²) in [6.45, 7) is 8.46. The van der Waals surface area contributed by atoms with E-state index < -0.39 is 0 Å². The van der Waals surface area contributed by atoms with E-state index >= 15 is 0 Å². The van der Waals surface area contributed by atoms with Crippen LogP contribution in [-0.2, 0) is 4.74 Å². The predicted octanol–water partition coefficient (Wildman–Crippen LogP) is 2.51. The molecule has 0 saturated carbocycles. The number of hydrogen-bond donors (Lipinski definition) is 0. The Balaban J connectivity index is 2.91. The van der Waals surface area contributed by atoms with Crippen molar-refractivity contribution in [2.24, 2.45) is 0 Å². The van der Waals surface area contributed by atoms with E-state index in [0.29, 0.717) is 11.4 Å². The SMILES string of the molecule is CC(C)OCSC(C)C. The molecule has 56 valence electrons. The molecule has 0 aromatic heterocycles. The maximum atomic E-state index is 5.32. The lowest BCUT2D eigenvalue weighted by Crippen LogP contribution is -2.02. The molecule has 0 spiro atoms. The summed E-state index contributed by atoms with van der Waals surface area (Å²) in [6.07, 6.45) is 0.372. The zero-order valence-electron chi connectivity index (χ0n) is 6.68. The molecule has 0 aromatic carbocycles. The molecule has 0 aliphatic rings. The lowest BCUT2D eigenvalue weighted by molar-refractivity contribution is 0.120. The summed E-state index contributed by atoms with van der Waals surface area (Å²) in [5.41, 5.74) is 0. The molecule has 0 aliphatic heterocycles. The van der Waals surface area contributed by atoms with Crippen LogP contribution in [0.5, 0.6) is 0 Å². The average Bonchev–Trinajstić information content (AvgIpc) is 1.63. The van der Waals surface area contributed by atoms with Crippen molar-refractivity contribution < 1.29 is 4.74 Å². The molecule has 0 bridgehead atoms. The maximum absolute atomic E-state index is 5.32. The predicted molar refractivity (Wildman–Crippen MR) is 43.8 cm³/mol. The van der Waals surface area contributed by atoms with E-state index in [1.54, 1.807) is 0 Å². The fraction of sp³-hybridized carbons (Fsp3) is 1.00. The fourth-order valence-corrected chi connectivity index (χ4v) is 0.934. The summed E-state index contributed by atoms with van der Waals surface area (Å²) in [5.74, 6) is 0.829. The van der Waals surface area contributed by atoms with E-state index in [1.165, 1.54) is 0 Å². The van der Waals surface area contributed by atoms with E-state index in [1.807, 2.05) is 11.8 Å². The van der Waals surface area contributed by atoms with Crippen LogP contribution in [0.1, 0.15) is 27.7 Å². The molecule has 1 nitrogen and oxygen atoms in total. The highest BCUT2D eigenvalue weighted by Gasteiger charge is 1.95. The van der Waals surface area contributed by atoms with E-state index in [2.05, 4.69) is 27.7 Å². The highest BCUT2D eigenvalue weighted by atomic mass is 32.2. The smallest absolute Gasteiger partial charge is 0.0926 e. The Morgan fingerprint density at radius 3 is 2.11 bits per heavy atom. The van der Waals surface area contributed by atoms with Crippen LogP contribution in [0.4, 0.5) is 0 Å². The zero-order valence-corrected chi connectivity index (χ0v) is 7.49. The molecule has 0 fully saturated rings. The summed E-state index contributed by atoms with van der Waals surface area (Å²) in [4.78, 5) is 0. The Labute approximate surface area is 62.2 Å². The van der Waals surface area contributed by atoms with Gasteiger partial charge in [0.2, 0.25) is 0 Å². The quantitative estimate of drug-likeness (QED) is 0.566. The second kappa shape index (κ2) is 5.12. The van der Waals surface area contributed by atoms with Crippen molar-refractivity contribution in [3.8, 4) is 0 Å². The van der Waals surface area contributed by atoms with Gasteiger partial charge in [0.15, 0.2) is 0 Å². The topological polar surface area (TPSA) is 9.23 Å². The fourth-order valence-electron chi connectivity index (χ4n) is 0.311. The number of ether oxygens (including phenoxy) is 1. The first-order chi connectivity index (χ1) is 4.13. The van der Waals surface area contributed by atoms with Gasteiger partial charge in [-0.1, -0.05) is 13.8 Å². The van der Waals surface area contributed by atoms with Crippen LogP contribution >= 0.6 is 11.8 Å². The van der Waals surface area contributed by atoms with Crippen molar-refractivity contribution in [1.29, 1.82) is 0 Å². The van der Waals surface area contributed by atoms with Crippen molar-refractivity contribution in [3.05, 3.63) is 0 Å². The van der Waals surface area contributed by atoms with Gasteiger partial charge in [0.25, 0.3) is 0 Å². The molecule has 0 aliphatic carbocycles. The Kier molecular flexibility index (Phi) is 5.30. The van der Waals surface area contributed by atoms with Gasteiger partial charge in [0, 0.05) is 5.25 Å². The minimum Gasteiger partial charge on any atom is -0.368 e. The van der Waals surface area contributed by atoms with Crippen LogP contribution in [-0.4, -0.2) is 17.3 Å². The van der Waals surface area contributed by atoms with E-state index in [-0.39, 0.29) is 0 Å². The van der Waals surface area contributed by atoms with Gasteiger partial charge in [-0.3, -0.25) is 0 Å². The third kappa shape index (κ3) is 8.31. The van der Waals surface area contributed by atoms with Crippen molar-refractivity contribution >= 4 is 11.8 Å². The first kappa shape index (κ1) is 9.31. The van der Waals surface area contributed by atoms with Crippen molar-refractivity contribution in [2.75, 3.05) is 5.94 Å². The van der Waals surface area contributed by atoms with Gasteiger partial charge in [-0.15, -0.1) is 11.8 Å². The highest BCUT2D eigenvalue weighted by Crippen LogP contribution is 2.09. The van der Waals surface area contributed by atoms with Gasteiger partial charge in [0.1, 0.15) is 0 Å². The molecule has 0 heterocycles. The Bertz CT molecular complexity index is 53.9. The van der Waals surface area contributed by atoms with Gasteiger partial charge in [-0.2, -0.15) is 0 Å². The van der Waals surface area contributed by atoms with Gasteiger partial charge >= 0.3 is 0 Å². The van der Waals surface area contributed by atoms with E-state index in [0.717, 1.165) is 5.94 Å². The summed E-state index contributed by atoms with van der Waals surface area (Å²) >= 11 is 1.84. The molecule has 9 heavy (non-hydrogen) atoms. The van der Waals surface area contributed by atoms with Crippen LogP contribution in [0.3, 0.4) is 0 Å². The molecule has 2 heteroatoms. The third-order valence-electron chi connectivity index (χ3n) is 0.803. The van der Waals surface area contributed by atoms with Crippen LogP contribution in [0.2, 0.25) is 0 Å². The second-order valence-corrected chi connectivity index (χ2v) is 4.06. The average molecular weight is 148 g/mol. The first-order valence-corrected chi connectivity index (χ1v) is 4.41. The largest absolute Gasteiger partial charge is 0.368 e. The third-order valence-corrected chi connectivity index (χ3v) is 1.74. The Morgan fingerprint density at radius 2 is 1.78 bits per heavy atom. The molecule has 0 rings (SSSR count). The van der Waals surface area contributed by atoms with Gasteiger partial charge in [-0.05, 0) is 13.8 Å². The Morgan fingerprint density at radius 1 is 1.22 bits per heavy atom. The van der Waals surface area contributed by atoms with Gasteiger partial charge in [-0.25, -0.2) is 0 Å². The van der Waals surface area contributed by atoms with Crippen LogP contribution in [0.15, 0.2) is 0 Å². The normalized spacial score (nSPS) is 11.3. The summed E-state index contributed by atoms with van der Waals surface area (Å²) in [7, 11) is 0. The second-order valence-electron chi connectivity index (χ2n) is 2.55. The minimum absolute atomic E-state index is 0.372. The molecular formula is C7H16OS. The maximum Gasteiger partial charge on any atom is 0.0926 e. The number of hydrogen-bond acceptors (Lipinski definition) is 2. The summed E-state index contributed by atoms with van der Waals surface area (Å²) in [6, 6.07) is 0. The van der Waals surface area contributed by atoms with Crippen LogP contribution in [0.25, 0.3) is 0 Å². The molecule has 0 N–H and O–H groups in total. The minimum atomic E-state index is 0.372. The standard InChI is InChI=1S/C7H16OS/c1-6(2)8-5-9-7(3)4/h6-7H,5H2,1-4H3. The van der Waals surface area contributed by atoms with Gasteiger partial charge in [0.05, 0.1) is 12.0 Å². The number of rotatable bonds is 4. The van der Waals surface area contributed by atoms with E-state index in [4.69, 9.17) is 4.74 Å². The molecule has 0 unspecified atom stereocenters. The molecule has 0 atom stereocenters. The van der Waals surface area contributed by atoms with Crippen molar-refractivity contribution in [3.63, 3.8) is 0 Å². The highest BCUT2D eigenvalue weighted by molar-refractivity contribution is 7.99.